The van der Waals surface area contributed by atoms with E-state index in [1.165, 1.54) is 33.4 Å². The number of hydrogen-bond acceptors (Lipinski definition) is 0. The molecule has 0 fully saturated rings. The van der Waals surface area contributed by atoms with E-state index in [1.807, 2.05) is 0 Å². The number of hydrogen-bond donors (Lipinski definition) is 0. The second-order valence-electron chi connectivity index (χ2n) is 6.01. The van der Waals surface area contributed by atoms with Crippen LogP contribution in [0.3, 0.4) is 0 Å². The van der Waals surface area contributed by atoms with Gasteiger partial charge in [0.15, 0.2) is 0 Å². The predicted molar refractivity (Wildman–Crippen MR) is 107 cm³/mol. The van der Waals surface area contributed by atoms with Crippen molar-refractivity contribution in [3.8, 4) is 0 Å². The van der Waals surface area contributed by atoms with Gasteiger partial charge in [-0.15, -0.1) is 0 Å². The van der Waals surface area contributed by atoms with Crippen LogP contribution in [0.25, 0.3) is 24.3 Å². The molecule has 0 unspecified atom stereocenters. The van der Waals surface area contributed by atoms with Gasteiger partial charge in [0.25, 0.3) is 0 Å². The van der Waals surface area contributed by atoms with Crippen LogP contribution in [0.1, 0.15) is 33.4 Å². The smallest absolute Gasteiger partial charge is 0.0184 e. The Labute approximate surface area is 144 Å². The summed E-state index contributed by atoms with van der Waals surface area (Å²) in [4.78, 5) is 0. The zero-order valence-electron chi connectivity index (χ0n) is 14.2. The molecule has 3 rings (SSSR count). The molecule has 0 atom stereocenters. The van der Waals surface area contributed by atoms with Gasteiger partial charge >= 0.3 is 0 Å². The zero-order valence-corrected chi connectivity index (χ0v) is 14.2. The summed E-state index contributed by atoms with van der Waals surface area (Å²) in [5.74, 6) is 0. The Bertz CT molecular complexity index is 807. The topological polar surface area (TPSA) is 0 Å². The monoisotopic (exact) mass is 310 g/mol. The van der Waals surface area contributed by atoms with E-state index in [1.54, 1.807) is 0 Å². The lowest BCUT2D eigenvalue weighted by atomic mass is 10.0. The molecule has 0 nitrogen and oxygen atoms in total. The maximum atomic E-state index is 2.19. The van der Waals surface area contributed by atoms with E-state index in [4.69, 9.17) is 0 Å². The molecule has 3 aromatic rings. The van der Waals surface area contributed by atoms with E-state index in [-0.39, 0.29) is 0 Å². The fourth-order valence-electron chi connectivity index (χ4n) is 2.72. The Morgan fingerprint density at radius 2 is 0.708 bits per heavy atom. The van der Waals surface area contributed by atoms with Crippen molar-refractivity contribution in [3.05, 3.63) is 106 Å². The average Bonchev–Trinajstić information content (AvgIpc) is 2.61. The van der Waals surface area contributed by atoms with Crippen LogP contribution in [-0.2, 0) is 0 Å². The van der Waals surface area contributed by atoms with Crippen LogP contribution in [0.2, 0.25) is 0 Å². The highest BCUT2D eigenvalue weighted by atomic mass is 14.0. The summed E-state index contributed by atoms with van der Waals surface area (Å²) < 4.78 is 0. The summed E-state index contributed by atoms with van der Waals surface area (Å²) in [5.41, 5.74) is 7.56. The largest absolute Gasteiger partial charge is 0.0620 e. The van der Waals surface area contributed by atoms with Crippen molar-refractivity contribution in [3.63, 3.8) is 0 Å². The van der Waals surface area contributed by atoms with Crippen molar-refractivity contribution in [2.45, 2.75) is 13.8 Å². The molecule has 0 saturated carbocycles. The van der Waals surface area contributed by atoms with Gasteiger partial charge in [-0.2, -0.15) is 0 Å². The lowest BCUT2D eigenvalue weighted by Crippen LogP contribution is -1.82. The van der Waals surface area contributed by atoms with Gasteiger partial charge in [-0.25, -0.2) is 0 Å². The summed E-state index contributed by atoms with van der Waals surface area (Å²) in [6.07, 6.45) is 8.77. The third-order valence-electron chi connectivity index (χ3n) is 4.26. The van der Waals surface area contributed by atoms with Crippen LogP contribution in [0.4, 0.5) is 0 Å². The fourth-order valence-corrected chi connectivity index (χ4v) is 2.72. The first-order valence-electron chi connectivity index (χ1n) is 8.30. The van der Waals surface area contributed by atoms with Gasteiger partial charge < -0.3 is 0 Å². The van der Waals surface area contributed by atoms with Gasteiger partial charge in [-0.1, -0.05) is 97.1 Å². The van der Waals surface area contributed by atoms with Gasteiger partial charge in [-0.05, 0) is 47.2 Å². The molecule has 0 radical (unpaired) electrons. The van der Waals surface area contributed by atoms with Gasteiger partial charge in [0.2, 0.25) is 0 Å². The maximum Gasteiger partial charge on any atom is -0.0184 e. The normalized spacial score (nSPS) is 11.4. The van der Waals surface area contributed by atoms with Gasteiger partial charge in [0, 0.05) is 0 Å². The predicted octanol–water partition coefficient (Wildman–Crippen LogP) is 6.64. The molecule has 0 bridgehead atoms. The minimum absolute atomic E-state index is 1.23. The highest BCUT2D eigenvalue weighted by Crippen LogP contribution is 2.18. The molecule has 0 aromatic heterocycles. The lowest BCUT2D eigenvalue weighted by molar-refractivity contribution is 1.44. The first-order valence-corrected chi connectivity index (χ1v) is 8.30. The summed E-state index contributed by atoms with van der Waals surface area (Å²) in [5, 5.41) is 0. The molecule has 0 saturated heterocycles. The summed E-state index contributed by atoms with van der Waals surface area (Å²) in [6.45, 7) is 4.29. The fraction of sp³-hybridized carbons (Fsp3) is 0.0833. The molecule has 118 valence electrons. The van der Waals surface area contributed by atoms with Crippen LogP contribution in [0, 0.1) is 13.8 Å². The van der Waals surface area contributed by atoms with Crippen LogP contribution >= 0.6 is 0 Å². The molecular formula is C24H22. The van der Waals surface area contributed by atoms with Crippen molar-refractivity contribution >= 4 is 24.3 Å². The Morgan fingerprint density at radius 1 is 0.417 bits per heavy atom. The summed E-state index contributed by atoms with van der Waals surface area (Å²) in [7, 11) is 0. The van der Waals surface area contributed by atoms with Crippen molar-refractivity contribution in [2.75, 3.05) is 0 Å². The molecule has 3 aromatic carbocycles. The third kappa shape index (κ3) is 3.91. The minimum atomic E-state index is 1.23. The molecule has 0 spiro atoms. The minimum Gasteiger partial charge on any atom is -0.0620 e. The molecular weight excluding hydrogens is 288 g/mol. The van der Waals surface area contributed by atoms with E-state index in [0.29, 0.717) is 0 Å². The standard InChI is InChI=1S/C24H22/c1-19-9-3-5-11-21(19)15-17-23-13-7-8-14-24(23)18-16-22-12-6-4-10-20(22)2/h3-18H,1-2H3/b17-15+,18-16+. The Kier molecular flexibility index (Phi) is 5.08. The van der Waals surface area contributed by atoms with Crippen LogP contribution < -0.4 is 0 Å². The summed E-state index contributed by atoms with van der Waals surface area (Å²) >= 11 is 0. The van der Waals surface area contributed by atoms with Crippen molar-refractivity contribution in [1.29, 1.82) is 0 Å². The summed E-state index contributed by atoms with van der Waals surface area (Å²) in [6, 6.07) is 25.4. The second kappa shape index (κ2) is 7.61. The Morgan fingerprint density at radius 3 is 1.08 bits per heavy atom. The van der Waals surface area contributed by atoms with Crippen LogP contribution in [-0.4, -0.2) is 0 Å². The van der Waals surface area contributed by atoms with Crippen LogP contribution in [0.15, 0.2) is 72.8 Å². The number of rotatable bonds is 4. The van der Waals surface area contributed by atoms with E-state index in [2.05, 4.69) is 111 Å². The highest BCUT2D eigenvalue weighted by Gasteiger charge is 1.97. The maximum absolute atomic E-state index is 2.19. The molecule has 24 heavy (non-hydrogen) atoms. The van der Waals surface area contributed by atoms with Crippen molar-refractivity contribution in [2.24, 2.45) is 0 Å². The van der Waals surface area contributed by atoms with Gasteiger partial charge in [-0.3, -0.25) is 0 Å². The molecule has 0 amide bonds. The molecule has 0 heteroatoms. The van der Waals surface area contributed by atoms with Crippen LogP contribution in [0.5, 0.6) is 0 Å². The quantitative estimate of drug-likeness (QED) is 0.473. The van der Waals surface area contributed by atoms with E-state index < -0.39 is 0 Å². The van der Waals surface area contributed by atoms with Gasteiger partial charge in [0.1, 0.15) is 0 Å². The molecule has 0 aliphatic carbocycles. The molecule has 0 heterocycles. The lowest BCUT2D eigenvalue weighted by Gasteiger charge is -2.03. The molecule has 0 N–H and O–H groups in total. The second-order valence-corrected chi connectivity index (χ2v) is 6.01. The van der Waals surface area contributed by atoms with Crippen molar-refractivity contribution in [1.82, 2.24) is 0 Å². The Hall–Kier alpha value is -2.86. The first kappa shape index (κ1) is 16.0. The highest BCUT2D eigenvalue weighted by molar-refractivity contribution is 5.80. The number of aryl methyl sites for hydroxylation is 2. The molecule has 0 aliphatic rings. The van der Waals surface area contributed by atoms with E-state index in [9.17, 15) is 0 Å². The average molecular weight is 310 g/mol. The molecule has 0 aliphatic heterocycles. The van der Waals surface area contributed by atoms with Gasteiger partial charge in [0.05, 0.1) is 0 Å². The Balaban J connectivity index is 1.89. The number of benzene rings is 3. The van der Waals surface area contributed by atoms with Crippen molar-refractivity contribution < 1.29 is 0 Å². The van der Waals surface area contributed by atoms with E-state index in [0.717, 1.165) is 0 Å². The van der Waals surface area contributed by atoms with E-state index >= 15 is 0 Å². The SMILES string of the molecule is Cc1ccccc1/C=C/c1ccccc1/C=C/c1ccccc1C. The zero-order chi connectivity index (χ0) is 16.8. The third-order valence-corrected chi connectivity index (χ3v) is 4.26. The first-order chi connectivity index (χ1) is 11.7.